The first-order valence-corrected chi connectivity index (χ1v) is 6.42. The van der Waals surface area contributed by atoms with Gasteiger partial charge in [0.2, 0.25) is 11.8 Å². The lowest BCUT2D eigenvalue weighted by Gasteiger charge is -2.09. The average molecular weight is 284 g/mol. The van der Waals surface area contributed by atoms with Crippen molar-refractivity contribution in [2.24, 2.45) is 11.5 Å². The molecule has 0 saturated heterocycles. The molecule has 0 saturated carbocycles. The molecule has 0 aliphatic rings. The van der Waals surface area contributed by atoms with Crippen LogP contribution in [-0.4, -0.2) is 17.9 Å². The van der Waals surface area contributed by atoms with Gasteiger partial charge < -0.3 is 16.8 Å². The lowest BCUT2D eigenvalue weighted by atomic mass is 10.1. The monoisotopic (exact) mass is 283 g/mol. The van der Waals surface area contributed by atoms with Gasteiger partial charge in [-0.3, -0.25) is 9.59 Å². The first kappa shape index (κ1) is 15.5. The fraction of sp³-hybridized carbons (Fsp3) is 0.385. The first-order chi connectivity index (χ1) is 8.90. The summed E-state index contributed by atoms with van der Waals surface area (Å²) in [6.07, 6.45) is 1.85. The molecule has 1 unspecified atom stereocenters. The van der Waals surface area contributed by atoms with Gasteiger partial charge in [0, 0.05) is 18.0 Å². The molecule has 5 N–H and O–H groups in total. The number of hydrogen-bond donors (Lipinski definition) is 3. The summed E-state index contributed by atoms with van der Waals surface area (Å²) in [5.74, 6) is -0.728. The first-order valence-electron chi connectivity index (χ1n) is 6.05. The van der Waals surface area contributed by atoms with E-state index in [0.717, 1.165) is 6.42 Å². The minimum atomic E-state index is -0.566. The van der Waals surface area contributed by atoms with Crippen LogP contribution in [0.25, 0.3) is 0 Å². The highest BCUT2D eigenvalue weighted by atomic mass is 35.5. The number of nitrogens with one attached hydrogen (secondary N) is 1. The molecule has 19 heavy (non-hydrogen) atoms. The SMILES string of the molecule is CC(N)CCCC(=O)Nc1cc(C(N)=O)ccc1Cl. The largest absolute Gasteiger partial charge is 0.366 e. The fourth-order valence-electron chi connectivity index (χ4n) is 1.57. The number of halogens is 1. The van der Waals surface area contributed by atoms with Crippen molar-refractivity contribution in [1.82, 2.24) is 0 Å². The highest BCUT2D eigenvalue weighted by molar-refractivity contribution is 6.33. The Kier molecular flexibility index (Phi) is 5.79. The molecule has 0 radical (unpaired) electrons. The van der Waals surface area contributed by atoms with Gasteiger partial charge in [-0.1, -0.05) is 11.6 Å². The second-order valence-electron chi connectivity index (χ2n) is 4.48. The van der Waals surface area contributed by atoms with Gasteiger partial charge in [0.1, 0.15) is 0 Å². The molecule has 0 aromatic heterocycles. The van der Waals surface area contributed by atoms with E-state index in [1.807, 2.05) is 6.92 Å². The van der Waals surface area contributed by atoms with Gasteiger partial charge in [-0.2, -0.15) is 0 Å². The Morgan fingerprint density at radius 2 is 2.11 bits per heavy atom. The maximum atomic E-state index is 11.7. The lowest BCUT2D eigenvalue weighted by Crippen LogP contribution is -2.17. The number of primary amides is 1. The van der Waals surface area contributed by atoms with Gasteiger partial charge in [0.15, 0.2) is 0 Å². The molecule has 0 bridgehead atoms. The summed E-state index contributed by atoms with van der Waals surface area (Å²) in [6.45, 7) is 1.89. The van der Waals surface area contributed by atoms with Crippen LogP contribution in [0.5, 0.6) is 0 Å². The predicted molar refractivity (Wildman–Crippen MR) is 76.1 cm³/mol. The van der Waals surface area contributed by atoms with Crippen LogP contribution in [0.3, 0.4) is 0 Å². The summed E-state index contributed by atoms with van der Waals surface area (Å²) in [7, 11) is 0. The third-order valence-corrected chi connectivity index (χ3v) is 2.92. The molecule has 5 nitrogen and oxygen atoms in total. The molecule has 1 aromatic carbocycles. The normalized spacial score (nSPS) is 11.9. The second-order valence-corrected chi connectivity index (χ2v) is 4.88. The average Bonchev–Trinajstić information content (AvgIpc) is 2.31. The van der Waals surface area contributed by atoms with E-state index in [9.17, 15) is 9.59 Å². The van der Waals surface area contributed by atoms with E-state index in [2.05, 4.69) is 5.32 Å². The lowest BCUT2D eigenvalue weighted by molar-refractivity contribution is -0.116. The summed E-state index contributed by atoms with van der Waals surface area (Å²) in [5.41, 5.74) is 11.5. The van der Waals surface area contributed by atoms with E-state index in [4.69, 9.17) is 23.1 Å². The zero-order valence-corrected chi connectivity index (χ0v) is 11.5. The van der Waals surface area contributed by atoms with Crippen LogP contribution in [0.15, 0.2) is 18.2 Å². The highest BCUT2D eigenvalue weighted by Gasteiger charge is 2.09. The van der Waals surface area contributed by atoms with Crippen molar-refractivity contribution in [3.63, 3.8) is 0 Å². The van der Waals surface area contributed by atoms with Crippen molar-refractivity contribution < 1.29 is 9.59 Å². The van der Waals surface area contributed by atoms with Crippen molar-refractivity contribution in [3.05, 3.63) is 28.8 Å². The number of carbonyl (C=O) groups excluding carboxylic acids is 2. The van der Waals surface area contributed by atoms with Crippen molar-refractivity contribution in [2.45, 2.75) is 32.2 Å². The van der Waals surface area contributed by atoms with Crippen LogP contribution in [0.4, 0.5) is 5.69 Å². The Morgan fingerprint density at radius 1 is 1.42 bits per heavy atom. The molecular formula is C13H18ClN3O2. The van der Waals surface area contributed by atoms with Gasteiger partial charge in [0.25, 0.3) is 0 Å². The molecule has 1 rings (SSSR count). The molecule has 2 amide bonds. The molecule has 0 fully saturated rings. The molecular weight excluding hydrogens is 266 g/mol. The molecule has 0 spiro atoms. The molecule has 1 atom stereocenters. The summed E-state index contributed by atoms with van der Waals surface area (Å²) in [4.78, 5) is 22.8. The van der Waals surface area contributed by atoms with Gasteiger partial charge in [-0.05, 0) is 38.0 Å². The Bertz CT molecular complexity index is 475. The number of nitrogens with two attached hydrogens (primary N) is 2. The standard InChI is InChI=1S/C13H18ClN3O2/c1-8(15)3-2-4-12(18)17-11-7-9(13(16)19)5-6-10(11)14/h5-8H,2-4,15H2,1H3,(H2,16,19)(H,17,18). The van der Waals surface area contributed by atoms with E-state index in [1.165, 1.54) is 18.2 Å². The molecule has 6 heteroatoms. The number of benzene rings is 1. The number of hydrogen-bond acceptors (Lipinski definition) is 3. The van der Waals surface area contributed by atoms with Crippen molar-refractivity contribution in [2.75, 3.05) is 5.32 Å². The van der Waals surface area contributed by atoms with Crippen LogP contribution in [0, 0.1) is 0 Å². The third-order valence-electron chi connectivity index (χ3n) is 2.59. The van der Waals surface area contributed by atoms with Crippen LogP contribution in [0.1, 0.15) is 36.5 Å². The molecule has 0 aliphatic carbocycles. The summed E-state index contributed by atoms with van der Waals surface area (Å²) in [6, 6.07) is 4.58. The van der Waals surface area contributed by atoms with Crippen molar-refractivity contribution in [3.8, 4) is 0 Å². The molecule has 1 aromatic rings. The highest BCUT2D eigenvalue weighted by Crippen LogP contribution is 2.23. The molecule has 0 heterocycles. The van der Waals surface area contributed by atoms with E-state index < -0.39 is 5.91 Å². The Labute approximate surface area is 117 Å². The van der Waals surface area contributed by atoms with Crippen LogP contribution in [0.2, 0.25) is 5.02 Å². The fourth-order valence-corrected chi connectivity index (χ4v) is 1.74. The van der Waals surface area contributed by atoms with E-state index >= 15 is 0 Å². The minimum Gasteiger partial charge on any atom is -0.366 e. The van der Waals surface area contributed by atoms with E-state index in [0.29, 0.717) is 29.1 Å². The number of anilines is 1. The maximum absolute atomic E-state index is 11.7. The molecule has 0 aliphatic heterocycles. The zero-order valence-electron chi connectivity index (χ0n) is 10.8. The van der Waals surface area contributed by atoms with E-state index in [-0.39, 0.29) is 11.9 Å². The van der Waals surface area contributed by atoms with Crippen molar-refractivity contribution >= 4 is 29.1 Å². The quantitative estimate of drug-likeness (QED) is 0.743. The Morgan fingerprint density at radius 3 is 2.68 bits per heavy atom. The van der Waals surface area contributed by atoms with Gasteiger partial charge >= 0.3 is 0 Å². The number of rotatable bonds is 6. The molecule has 104 valence electrons. The summed E-state index contributed by atoms with van der Waals surface area (Å²) >= 11 is 5.94. The smallest absolute Gasteiger partial charge is 0.248 e. The number of amides is 2. The van der Waals surface area contributed by atoms with E-state index in [1.54, 1.807) is 0 Å². The predicted octanol–water partition coefficient (Wildman–Crippen LogP) is 1.89. The number of carbonyl (C=O) groups is 2. The Hall–Kier alpha value is -1.59. The Balaban J connectivity index is 2.63. The minimum absolute atomic E-state index is 0.0783. The second kappa shape index (κ2) is 7.11. The van der Waals surface area contributed by atoms with Gasteiger partial charge in [0.05, 0.1) is 10.7 Å². The third kappa shape index (κ3) is 5.28. The van der Waals surface area contributed by atoms with Crippen molar-refractivity contribution in [1.29, 1.82) is 0 Å². The summed E-state index contributed by atoms with van der Waals surface area (Å²) in [5, 5.41) is 3.03. The zero-order chi connectivity index (χ0) is 14.4. The topological polar surface area (TPSA) is 98.2 Å². The van der Waals surface area contributed by atoms with Crippen LogP contribution < -0.4 is 16.8 Å². The summed E-state index contributed by atoms with van der Waals surface area (Å²) < 4.78 is 0. The van der Waals surface area contributed by atoms with Gasteiger partial charge in [-0.15, -0.1) is 0 Å². The van der Waals surface area contributed by atoms with Crippen LogP contribution >= 0.6 is 11.6 Å². The van der Waals surface area contributed by atoms with Gasteiger partial charge in [-0.25, -0.2) is 0 Å². The maximum Gasteiger partial charge on any atom is 0.248 e. The van der Waals surface area contributed by atoms with Crippen LogP contribution in [-0.2, 0) is 4.79 Å².